The highest BCUT2D eigenvalue weighted by atomic mass is 14.7. The van der Waals surface area contributed by atoms with E-state index < -0.39 is 0 Å². The molecule has 1 nitrogen and oxygen atoms in total. The van der Waals surface area contributed by atoms with Crippen molar-refractivity contribution in [2.24, 2.45) is 0 Å². The Balaban J connectivity index is 2.22. The topological polar surface area (TPSA) is 12.9 Å². The van der Waals surface area contributed by atoms with Gasteiger partial charge < -0.3 is 0 Å². The first-order valence-electron chi connectivity index (χ1n) is 5.94. The molecule has 0 atom stereocenters. The number of aryl methyl sites for hydroxylation is 1. The molecule has 0 spiro atoms. The monoisotopic (exact) mass is 203 g/mol. The van der Waals surface area contributed by atoms with Crippen molar-refractivity contribution in [3.8, 4) is 0 Å². The predicted octanol–water partition coefficient (Wildman–Crippen LogP) is 4.24. The maximum absolute atomic E-state index is 4.29. The highest BCUT2D eigenvalue weighted by Crippen LogP contribution is 2.08. The fraction of sp³-hybridized carbons (Fsp3) is 0.500. The van der Waals surface area contributed by atoms with E-state index in [2.05, 4.69) is 24.6 Å². The van der Waals surface area contributed by atoms with Crippen LogP contribution in [0.5, 0.6) is 0 Å². The normalized spacial score (nSPS) is 10.2. The molecule has 0 aliphatic heterocycles. The molecule has 0 saturated heterocycles. The lowest BCUT2D eigenvalue weighted by Crippen LogP contribution is -1.88. The lowest BCUT2D eigenvalue weighted by Gasteiger charge is -2.01. The number of pyridine rings is 1. The fourth-order valence-corrected chi connectivity index (χ4v) is 1.64. The summed E-state index contributed by atoms with van der Waals surface area (Å²) >= 11 is 0. The second-order valence-electron chi connectivity index (χ2n) is 3.96. The average Bonchev–Trinajstić information content (AvgIpc) is 2.30. The maximum Gasteiger partial charge on any atom is 0.0623 e. The number of unbranched alkanes of at least 4 members (excludes halogenated alkanes) is 4. The molecule has 0 radical (unpaired) electrons. The van der Waals surface area contributed by atoms with Gasteiger partial charge in [-0.15, -0.1) is 0 Å². The highest BCUT2D eigenvalue weighted by Gasteiger charge is 1.94. The summed E-state index contributed by atoms with van der Waals surface area (Å²) < 4.78 is 0. The first kappa shape index (κ1) is 12.0. The highest BCUT2D eigenvalue weighted by molar-refractivity contribution is 5.41. The Labute approximate surface area is 93.2 Å². The first-order valence-corrected chi connectivity index (χ1v) is 5.94. The van der Waals surface area contributed by atoms with Gasteiger partial charge >= 0.3 is 0 Å². The molecule has 0 N–H and O–H groups in total. The van der Waals surface area contributed by atoms with Crippen molar-refractivity contribution in [3.63, 3.8) is 0 Å². The van der Waals surface area contributed by atoms with Gasteiger partial charge in [0.25, 0.3) is 0 Å². The van der Waals surface area contributed by atoms with Crippen LogP contribution in [0.15, 0.2) is 24.9 Å². The zero-order valence-electron chi connectivity index (χ0n) is 9.71. The minimum absolute atomic E-state index is 0.963. The van der Waals surface area contributed by atoms with Crippen LogP contribution in [0.3, 0.4) is 0 Å². The fourth-order valence-electron chi connectivity index (χ4n) is 1.64. The SMILES string of the molecule is C=Cc1ccc(CCCCCCC)cn1. The van der Waals surface area contributed by atoms with Crippen LogP contribution in [0.2, 0.25) is 0 Å². The number of aromatic nitrogens is 1. The minimum Gasteiger partial charge on any atom is -0.257 e. The molecule has 1 heterocycles. The molecule has 0 aliphatic carbocycles. The Morgan fingerprint density at radius 1 is 1.20 bits per heavy atom. The molecule has 1 heteroatoms. The molecule has 0 fully saturated rings. The molecule has 0 saturated carbocycles. The third-order valence-corrected chi connectivity index (χ3v) is 2.63. The van der Waals surface area contributed by atoms with E-state index in [-0.39, 0.29) is 0 Å². The van der Waals surface area contributed by atoms with Crippen molar-refractivity contribution < 1.29 is 0 Å². The van der Waals surface area contributed by atoms with Crippen LogP contribution in [0.25, 0.3) is 6.08 Å². The van der Waals surface area contributed by atoms with E-state index in [1.807, 2.05) is 12.3 Å². The summed E-state index contributed by atoms with van der Waals surface area (Å²) in [6, 6.07) is 4.19. The van der Waals surface area contributed by atoms with Gasteiger partial charge in [-0.1, -0.05) is 45.3 Å². The van der Waals surface area contributed by atoms with Gasteiger partial charge in [0.1, 0.15) is 0 Å². The zero-order valence-corrected chi connectivity index (χ0v) is 9.71. The summed E-state index contributed by atoms with van der Waals surface area (Å²) in [4.78, 5) is 4.29. The molecular weight excluding hydrogens is 182 g/mol. The van der Waals surface area contributed by atoms with E-state index >= 15 is 0 Å². The number of hydrogen-bond acceptors (Lipinski definition) is 1. The van der Waals surface area contributed by atoms with Gasteiger partial charge in [0.2, 0.25) is 0 Å². The van der Waals surface area contributed by atoms with E-state index in [1.54, 1.807) is 6.08 Å². The Kier molecular flexibility index (Phi) is 5.76. The van der Waals surface area contributed by atoms with Crippen LogP contribution in [-0.2, 0) is 6.42 Å². The van der Waals surface area contributed by atoms with Gasteiger partial charge in [-0.05, 0) is 30.5 Å². The summed E-state index contributed by atoms with van der Waals surface area (Å²) in [5.74, 6) is 0. The molecule has 1 aromatic heterocycles. The quantitative estimate of drug-likeness (QED) is 0.604. The zero-order chi connectivity index (χ0) is 10.9. The third kappa shape index (κ3) is 4.78. The Morgan fingerprint density at radius 3 is 2.60 bits per heavy atom. The van der Waals surface area contributed by atoms with E-state index in [1.165, 1.54) is 37.7 Å². The third-order valence-electron chi connectivity index (χ3n) is 2.63. The van der Waals surface area contributed by atoms with Crippen molar-refractivity contribution in [1.82, 2.24) is 4.98 Å². The molecule has 1 rings (SSSR count). The van der Waals surface area contributed by atoms with Crippen LogP contribution in [-0.4, -0.2) is 4.98 Å². The van der Waals surface area contributed by atoms with E-state index in [0.717, 1.165) is 12.1 Å². The van der Waals surface area contributed by atoms with Gasteiger partial charge in [-0.3, -0.25) is 4.98 Å². The summed E-state index contributed by atoms with van der Waals surface area (Å²) in [6.45, 7) is 5.94. The number of rotatable bonds is 7. The molecule has 0 unspecified atom stereocenters. The summed E-state index contributed by atoms with van der Waals surface area (Å²) in [5, 5.41) is 0. The second kappa shape index (κ2) is 7.22. The van der Waals surface area contributed by atoms with Crippen molar-refractivity contribution in [1.29, 1.82) is 0 Å². The van der Waals surface area contributed by atoms with Gasteiger partial charge in [-0.2, -0.15) is 0 Å². The van der Waals surface area contributed by atoms with Crippen molar-refractivity contribution in [2.75, 3.05) is 0 Å². The summed E-state index contributed by atoms with van der Waals surface area (Å²) in [6.07, 6.45) is 11.6. The number of nitrogens with zero attached hydrogens (tertiary/aromatic N) is 1. The Bertz CT molecular complexity index is 274. The molecule has 15 heavy (non-hydrogen) atoms. The van der Waals surface area contributed by atoms with Crippen LogP contribution in [0.4, 0.5) is 0 Å². The van der Waals surface area contributed by atoms with Gasteiger partial charge in [-0.25, -0.2) is 0 Å². The Hall–Kier alpha value is -1.11. The summed E-state index contributed by atoms with van der Waals surface area (Å²) in [5.41, 5.74) is 2.31. The smallest absolute Gasteiger partial charge is 0.0623 e. The van der Waals surface area contributed by atoms with Crippen LogP contribution in [0.1, 0.15) is 50.3 Å². The minimum atomic E-state index is 0.963. The standard InChI is InChI=1S/C14H21N/c1-3-5-6-7-8-9-13-10-11-14(4-2)15-12-13/h4,10-12H,2-3,5-9H2,1H3. The molecule has 0 aliphatic rings. The van der Waals surface area contributed by atoms with Crippen LogP contribution in [0, 0.1) is 0 Å². The van der Waals surface area contributed by atoms with Crippen molar-refractivity contribution in [2.45, 2.75) is 45.4 Å². The van der Waals surface area contributed by atoms with E-state index in [4.69, 9.17) is 0 Å². The molecular formula is C14H21N. The van der Waals surface area contributed by atoms with Gasteiger partial charge in [0.05, 0.1) is 5.69 Å². The molecule has 0 aromatic carbocycles. The Morgan fingerprint density at radius 2 is 2.00 bits per heavy atom. The maximum atomic E-state index is 4.29. The summed E-state index contributed by atoms with van der Waals surface area (Å²) in [7, 11) is 0. The van der Waals surface area contributed by atoms with Crippen LogP contribution >= 0.6 is 0 Å². The van der Waals surface area contributed by atoms with E-state index in [9.17, 15) is 0 Å². The average molecular weight is 203 g/mol. The van der Waals surface area contributed by atoms with E-state index in [0.29, 0.717) is 0 Å². The van der Waals surface area contributed by atoms with Crippen LogP contribution < -0.4 is 0 Å². The van der Waals surface area contributed by atoms with Gasteiger partial charge in [0.15, 0.2) is 0 Å². The first-order chi connectivity index (χ1) is 7.36. The molecule has 1 aromatic rings. The predicted molar refractivity (Wildman–Crippen MR) is 66.8 cm³/mol. The van der Waals surface area contributed by atoms with Crippen molar-refractivity contribution in [3.05, 3.63) is 36.2 Å². The lowest BCUT2D eigenvalue weighted by molar-refractivity contribution is 0.631. The van der Waals surface area contributed by atoms with Gasteiger partial charge in [0, 0.05) is 6.20 Å². The lowest BCUT2D eigenvalue weighted by atomic mass is 10.1. The molecule has 82 valence electrons. The largest absolute Gasteiger partial charge is 0.257 e. The molecule has 0 bridgehead atoms. The molecule has 0 amide bonds. The second-order valence-corrected chi connectivity index (χ2v) is 3.96. The van der Waals surface area contributed by atoms with Crippen molar-refractivity contribution >= 4 is 6.08 Å². The number of hydrogen-bond donors (Lipinski definition) is 0.